The van der Waals surface area contributed by atoms with Crippen molar-refractivity contribution < 1.29 is 18.0 Å². The van der Waals surface area contributed by atoms with Crippen LogP contribution in [0.25, 0.3) is 0 Å². The van der Waals surface area contributed by atoms with Gasteiger partial charge >= 0.3 is 6.18 Å². The van der Waals surface area contributed by atoms with Crippen molar-refractivity contribution in [1.82, 2.24) is 9.80 Å². The molecular weight excluding hydrogens is 269 g/mol. The highest BCUT2D eigenvalue weighted by molar-refractivity contribution is 5.76. The van der Waals surface area contributed by atoms with Crippen LogP contribution in [0.15, 0.2) is 0 Å². The maximum atomic E-state index is 12.3. The Balaban J connectivity index is 1.71. The van der Waals surface area contributed by atoms with Gasteiger partial charge in [-0.3, -0.25) is 9.69 Å². The zero-order chi connectivity index (χ0) is 14.6. The number of rotatable bonds is 3. The molecule has 1 aliphatic heterocycles. The van der Waals surface area contributed by atoms with E-state index in [0.717, 1.165) is 12.8 Å². The molecule has 1 saturated carbocycles. The highest BCUT2D eigenvalue weighted by atomic mass is 19.4. The van der Waals surface area contributed by atoms with Crippen LogP contribution in [0.1, 0.15) is 38.5 Å². The summed E-state index contributed by atoms with van der Waals surface area (Å²) in [6.07, 6.45) is 2.36. The standard InChI is InChI=1S/C14H23F3N2O/c15-14(16,17)11-18-6-8-19(9-7-18)13(20)10-12-4-2-1-3-5-12/h12H,1-11H2. The molecule has 20 heavy (non-hydrogen) atoms. The summed E-state index contributed by atoms with van der Waals surface area (Å²) in [4.78, 5) is 15.3. The van der Waals surface area contributed by atoms with Gasteiger partial charge in [0.05, 0.1) is 6.54 Å². The fourth-order valence-electron chi connectivity index (χ4n) is 3.18. The Morgan fingerprint density at radius 2 is 1.60 bits per heavy atom. The van der Waals surface area contributed by atoms with E-state index in [2.05, 4.69) is 0 Å². The molecule has 0 atom stereocenters. The first-order valence-electron chi connectivity index (χ1n) is 7.51. The monoisotopic (exact) mass is 292 g/mol. The lowest BCUT2D eigenvalue weighted by atomic mass is 9.86. The molecule has 1 saturated heterocycles. The number of amides is 1. The second-order valence-electron chi connectivity index (χ2n) is 5.98. The molecule has 116 valence electrons. The fraction of sp³-hybridized carbons (Fsp3) is 0.929. The molecule has 1 heterocycles. The van der Waals surface area contributed by atoms with Gasteiger partial charge in [0.1, 0.15) is 0 Å². The van der Waals surface area contributed by atoms with Crippen molar-refractivity contribution in [3.05, 3.63) is 0 Å². The highest BCUT2D eigenvalue weighted by Crippen LogP contribution is 2.27. The lowest BCUT2D eigenvalue weighted by molar-refractivity contribution is -0.152. The summed E-state index contributed by atoms with van der Waals surface area (Å²) in [6.45, 7) is 0.659. The van der Waals surface area contributed by atoms with Crippen molar-refractivity contribution in [2.24, 2.45) is 5.92 Å². The summed E-state index contributed by atoms with van der Waals surface area (Å²) in [7, 11) is 0. The largest absolute Gasteiger partial charge is 0.401 e. The maximum absolute atomic E-state index is 12.3. The van der Waals surface area contributed by atoms with E-state index in [4.69, 9.17) is 0 Å². The molecule has 2 fully saturated rings. The van der Waals surface area contributed by atoms with Crippen LogP contribution in [-0.4, -0.2) is 54.6 Å². The molecule has 0 spiro atoms. The van der Waals surface area contributed by atoms with Gasteiger partial charge in [0.25, 0.3) is 0 Å². The normalized spacial score (nSPS) is 23.1. The number of halogens is 3. The molecule has 0 radical (unpaired) electrons. The minimum atomic E-state index is -4.14. The molecule has 2 rings (SSSR count). The molecule has 1 amide bonds. The molecule has 0 aromatic carbocycles. The summed E-state index contributed by atoms with van der Waals surface area (Å²) < 4.78 is 36.8. The van der Waals surface area contributed by atoms with Crippen molar-refractivity contribution in [3.63, 3.8) is 0 Å². The van der Waals surface area contributed by atoms with E-state index in [1.807, 2.05) is 0 Å². The summed E-state index contributed by atoms with van der Waals surface area (Å²) in [6, 6.07) is 0. The van der Waals surface area contributed by atoms with Crippen molar-refractivity contribution in [3.8, 4) is 0 Å². The fourth-order valence-corrected chi connectivity index (χ4v) is 3.18. The average molecular weight is 292 g/mol. The average Bonchev–Trinajstić information content (AvgIpc) is 2.39. The van der Waals surface area contributed by atoms with Crippen LogP contribution in [0.5, 0.6) is 0 Å². The van der Waals surface area contributed by atoms with Crippen LogP contribution in [0.2, 0.25) is 0 Å². The van der Waals surface area contributed by atoms with Crippen molar-refractivity contribution in [1.29, 1.82) is 0 Å². The first kappa shape index (κ1) is 15.6. The first-order valence-corrected chi connectivity index (χ1v) is 7.51. The Morgan fingerprint density at radius 3 is 2.15 bits per heavy atom. The van der Waals surface area contributed by atoms with Gasteiger partial charge < -0.3 is 4.90 Å². The molecule has 0 unspecified atom stereocenters. The smallest absolute Gasteiger partial charge is 0.340 e. The molecular formula is C14H23F3N2O. The predicted octanol–water partition coefficient (Wildman–Crippen LogP) is 2.66. The number of carbonyl (C=O) groups is 1. The quantitative estimate of drug-likeness (QED) is 0.798. The molecule has 1 aliphatic carbocycles. The van der Waals surface area contributed by atoms with Crippen molar-refractivity contribution in [2.45, 2.75) is 44.7 Å². The second kappa shape index (κ2) is 6.78. The van der Waals surface area contributed by atoms with E-state index >= 15 is 0 Å². The summed E-state index contributed by atoms with van der Waals surface area (Å²) in [5.41, 5.74) is 0. The minimum Gasteiger partial charge on any atom is -0.340 e. The third-order valence-electron chi connectivity index (χ3n) is 4.32. The van der Waals surface area contributed by atoms with Crippen LogP contribution in [0.3, 0.4) is 0 Å². The van der Waals surface area contributed by atoms with Crippen LogP contribution < -0.4 is 0 Å². The number of hydrogen-bond acceptors (Lipinski definition) is 2. The van der Waals surface area contributed by atoms with E-state index in [1.165, 1.54) is 24.2 Å². The number of hydrogen-bond donors (Lipinski definition) is 0. The Morgan fingerprint density at radius 1 is 1.00 bits per heavy atom. The van der Waals surface area contributed by atoms with Crippen LogP contribution in [0, 0.1) is 5.92 Å². The van der Waals surface area contributed by atoms with Gasteiger partial charge in [-0.05, 0) is 18.8 Å². The third-order valence-corrected chi connectivity index (χ3v) is 4.32. The van der Waals surface area contributed by atoms with E-state index in [1.54, 1.807) is 4.90 Å². The highest BCUT2D eigenvalue weighted by Gasteiger charge is 2.33. The van der Waals surface area contributed by atoms with Crippen molar-refractivity contribution in [2.75, 3.05) is 32.7 Å². The predicted molar refractivity (Wildman–Crippen MR) is 70.3 cm³/mol. The van der Waals surface area contributed by atoms with Gasteiger partial charge in [-0.2, -0.15) is 13.2 Å². The molecule has 2 aliphatic rings. The van der Waals surface area contributed by atoms with Gasteiger partial charge in [-0.1, -0.05) is 19.3 Å². The van der Waals surface area contributed by atoms with E-state index in [-0.39, 0.29) is 5.91 Å². The zero-order valence-electron chi connectivity index (χ0n) is 11.8. The van der Waals surface area contributed by atoms with Gasteiger partial charge in [0.2, 0.25) is 5.91 Å². The Hall–Kier alpha value is -0.780. The lowest BCUT2D eigenvalue weighted by Crippen LogP contribution is -2.51. The molecule has 3 nitrogen and oxygen atoms in total. The number of carbonyl (C=O) groups excluding carboxylic acids is 1. The SMILES string of the molecule is O=C(CC1CCCCC1)N1CCN(CC(F)(F)F)CC1. The number of alkyl halides is 3. The molecule has 0 aromatic rings. The van der Waals surface area contributed by atoms with E-state index < -0.39 is 12.7 Å². The lowest BCUT2D eigenvalue weighted by Gasteiger charge is -2.36. The van der Waals surface area contributed by atoms with Crippen LogP contribution in [-0.2, 0) is 4.79 Å². The number of nitrogens with zero attached hydrogens (tertiary/aromatic N) is 2. The zero-order valence-corrected chi connectivity index (χ0v) is 11.8. The summed E-state index contributed by atoms with van der Waals surface area (Å²) >= 11 is 0. The van der Waals surface area contributed by atoms with E-state index in [0.29, 0.717) is 38.5 Å². The van der Waals surface area contributed by atoms with Crippen LogP contribution in [0.4, 0.5) is 13.2 Å². The van der Waals surface area contributed by atoms with Crippen LogP contribution >= 0.6 is 0 Å². The Labute approximate surface area is 118 Å². The molecule has 0 aromatic heterocycles. The van der Waals surface area contributed by atoms with E-state index in [9.17, 15) is 18.0 Å². The molecule has 0 N–H and O–H groups in total. The topological polar surface area (TPSA) is 23.6 Å². The summed E-state index contributed by atoms with van der Waals surface area (Å²) in [5.74, 6) is 0.619. The minimum absolute atomic E-state index is 0.128. The van der Waals surface area contributed by atoms with Crippen molar-refractivity contribution >= 4 is 5.91 Å². The van der Waals surface area contributed by atoms with Gasteiger partial charge in [0, 0.05) is 32.6 Å². The Kier molecular flexibility index (Phi) is 5.29. The second-order valence-corrected chi connectivity index (χ2v) is 5.98. The first-order chi connectivity index (χ1) is 9.44. The summed E-state index contributed by atoms with van der Waals surface area (Å²) in [5, 5.41) is 0. The maximum Gasteiger partial charge on any atom is 0.401 e. The van der Waals surface area contributed by atoms with Gasteiger partial charge in [0.15, 0.2) is 0 Å². The molecule has 6 heteroatoms. The van der Waals surface area contributed by atoms with Gasteiger partial charge in [-0.25, -0.2) is 0 Å². The third kappa shape index (κ3) is 4.96. The van der Waals surface area contributed by atoms with Gasteiger partial charge in [-0.15, -0.1) is 0 Å². The molecule has 0 bridgehead atoms. The Bertz CT molecular complexity index is 319. The number of piperazine rings is 1.